The van der Waals surface area contributed by atoms with Crippen LogP contribution in [0.25, 0.3) is 0 Å². The molecule has 1 aliphatic rings. The fraction of sp³-hybridized carbons (Fsp3) is 0.357. The number of likely N-dealkylation sites (tertiary alicyclic amines) is 1. The molecule has 0 radical (unpaired) electrons. The van der Waals surface area contributed by atoms with Crippen molar-refractivity contribution in [3.8, 4) is 0 Å². The number of β-amino-alcohol motifs (C(OH)–C–C–N with tert-alkyl or cyclic N) is 1. The number of aliphatic hydroxyl groups excluding tert-OH is 1. The van der Waals surface area contributed by atoms with Crippen LogP contribution in [0, 0.1) is 6.92 Å². The van der Waals surface area contributed by atoms with E-state index in [9.17, 15) is 19.5 Å². The van der Waals surface area contributed by atoms with E-state index >= 15 is 0 Å². The Hall–Kier alpha value is -2.41. The van der Waals surface area contributed by atoms with Crippen molar-refractivity contribution in [2.75, 3.05) is 11.9 Å². The Bertz CT molecular complexity index is 569. The summed E-state index contributed by atoms with van der Waals surface area (Å²) in [5.74, 6) is -3.11. The number of aliphatic hydroxyl groups is 1. The minimum absolute atomic E-state index is 0.0706. The third-order valence-electron chi connectivity index (χ3n) is 3.33. The third-order valence-corrected chi connectivity index (χ3v) is 3.33. The normalized spacial score (nSPS) is 21.1. The number of anilines is 1. The summed E-state index contributed by atoms with van der Waals surface area (Å²) in [6.45, 7) is 1.73. The van der Waals surface area contributed by atoms with E-state index in [4.69, 9.17) is 5.11 Å². The highest BCUT2D eigenvalue weighted by Gasteiger charge is 2.41. The lowest BCUT2D eigenvalue weighted by Crippen LogP contribution is -2.45. The zero-order chi connectivity index (χ0) is 15.6. The lowest BCUT2D eigenvalue weighted by molar-refractivity contribution is -0.151. The summed E-state index contributed by atoms with van der Waals surface area (Å²) in [7, 11) is 0. The summed E-state index contributed by atoms with van der Waals surface area (Å²) in [6, 6.07) is 5.68. The number of aliphatic carboxylic acids is 1. The van der Waals surface area contributed by atoms with E-state index in [2.05, 4.69) is 5.32 Å². The molecule has 0 saturated carbocycles. The van der Waals surface area contributed by atoms with Gasteiger partial charge in [-0.25, -0.2) is 4.79 Å². The van der Waals surface area contributed by atoms with E-state index < -0.39 is 29.9 Å². The van der Waals surface area contributed by atoms with E-state index in [0.717, 1.165) is 10.5 Å². The van der Waals surface area contributed by atoms with Crippen molar-refractivity contribution in [2.45, 2.75) is 25.5 Å². The van der Waals surface area contributed by atoms with Crippen molar-refractivity contribution < 1.29 is 24.6 Å². The van der Waals surface area contributed by atoms with Crippen molar-refractivity contribution in [2.24, 2.45) is 0 Å². The van der Waals surface area contributed by atoms with Gasteiger partial charge in [0.2, 0.25) is 0 Å². The number of hydrogen-bond acceptors (Lipinski definition) is 4. The molecule has 1 aromatic rings. The maximum Gasteiger partial charge on any atom is 0.326 e. The summed E-state index contributed by atoms with van der Waals surface area (Å²) >= 11 is 0. The molecule has 2 atom stereocenters. The SMILES string of the molecule is Cc1ccc(NC(=O)C(=O)N2CC(O)C[C@H]2C(=O)O)cc1. The van der Waals surface area contributed by atoms with E-state index in [0.29, 0.717) is 5.69 Å². The summed E-state index contributed by atoms with van der Waals surface area (Å²) < 4.78 is 0. The molecule has 7 nitrogen and oxygen atoms in total. The van der Waals surface area contributed by atoms with Gasteiger partial charge in [-0.1, -0.05) is 17.7 Å². The lowest BCUT2D eigenvalue weighted by atomic mass is 10.2. The largest absolute Gasteiger partial charge is 0.480 e. The van der Waals surface area contributed by atoms with Crippen LogP contribution in [0.2, 0.25) is 0 Å². The minimum Gasteiger partial charge on any atom is -0.480 e. The van der Waals surface area contributed by atoms with Crippen LogP contribution in [-0.2, 0) is 14.4 Å². The second-order valence-corrected chi connectivity index (χ2v) is 5.02. The summed E-state index contributed by atoms with van der Waals surface area (Å²) in [5, 5.41) is 20.9. The molecular weight excluding hydrogens is 276 g/mol. The molecule has 1 aromatic carbocycles. The molecule has 1 aliphatic heterocycles. The van der Waals surface area contributed by atoms with E-state index in [1.807, 2.05) is 6.92 Å². The van der Waals surface area contributed by atoms with Gasteiger partial charge in [0, 0.05) is 18.7 Å². The number of hydrogen-bond donors (Lipinski definition) is 3. The average molecular weight is 292 g/mol. The molecule has 0 bridgehead atoms. The highest BCUT2D eigenvalue weighted by atomic mass is 16.4. The van der Waals surface area contributed by atoms with Gasteiger partial charge in [0.15, 0.2) is 0 Å². The Balaban J connectivity index is 2.06. The van der Waals surface area contributed by atoms with Crippen LogP contribution in [-0.4, -0.2) is 51.6 Å². The van der Waals surface area contributed by atoms with E-state index in [1.54, 1.807) is 24.3 Å². The first-order chi connectivity index (χ1) is 9.88. The van der Waals surface area contributed by atoms with Gasteiger partial charge in [-0.3, -0.25) is 9.59 Å². The molecule has 1 saturated heterocycles. The molecule has 2 rings (SSSR count). The number of carbonyl (C=O) groups is 3. The molecule has 1 fully saturated rings. The molecular formula is C14H16N2O5. The van der Waals surface area contributed by atoms with Gasteiger partial charge < -0.3 is 20.4 Å². The number of amides is 2. The Morgan fingerprint density at radius 2 is 1.86 bits per heavy atom. The molecule has 3 N–H and O–H groups in total. The summed E-state index contributed by atoms with van der Waals surface area (Å²) in [6.07, 6.45) is -0.999. The Morgan fingerprint density at radius 1 is 1.24 bits per heavy atom. The molecule has 2 amide bonds. The van der Waals surface area contributed by atoms with Crippen molar-refractivity contribution in [1.82, 2.24) is 4.90 Å². The molecule has 112 valence electrons. The van der Waals surface area contributed by atoms with Crippen LogP contribution in [0.15, 0.2) is 24.3 Å². The number of aryl methyl sites for hydroxylation is 1. The van der Waals surface area contributed by atoms with Crippen molar-refractivity contribution in [3.63, 3.8) is 0 Å². The number of nitrogens with one attached hydrogen (secondary N) is 1. The molecule has 0 aliphatic carbocycles. The van der Waals surface area contributed by atoms with Crippen LogP contribution in [0.5, 0.6) is 0 Å². The maximum absolute atomic E-state index is 12.0. The Labute approximate surface area is 121 Å². The topological polar surface area (TPSA) is 107 Å². The number of carboxylic acids is 1. The van der Waals surface area contributed by atoms with Gasteiger partial charge in [-0.15, -0.1) is 0 Å². The smallest absolute Gasteiger partial charge is 0.326 e. The van der Waals surface area contributed by atoms with Crippen molar-refractivity contribution in [1.29, 1.82) is 0 Å². The van der Waals surface area contributed by atoms with Crippen LogP contribution in [0.1, 0.15) is 12.0 Å². The number of carbonyl (C=O) groups excluding carboxylic acids is 2. The third kappa shape index (κ3) is 3.38. The zero-order valence-corrected chi connectivity index (χ0v) is 11.4. The maximum atomic E-state index is 12.0. The van der Waals surface area contributed by atoms with E-state index in [-0.39, 0.29) is 13.0 Å². The van der Waals surface area contributed by atoms with Crippen molar-refractivity contribution in [3.05, 3.63) is 29.8 Å². The first-order valence-electron chi connectivity index (χ1n) is 6.48. The van der Waals surface area contributed by atoms with Crippen LogP contribution in [0.3, 0.4) is 0 Å². The second kappa shape index (κ2) is 5.92. The van der Waals surface area contributed by atoms with Crippen LogP contribution >= 0.6 is 0 Å². The first kappa shape index (κ1) is 15.0. The fourth-order valence-electron chi connectivity index (χ4n) is 2.22. The number of benzene rings is 1. The molecule has 0 aromatic heterocycles. The standard InChI is InChI=1S/C14H16N2O5/c1-8-2-4-9(5-3-8)15-12(18)13(19)16-7-10(17)6-11(16)14(20)21/h2-5,10-11,17H,6-7H2,1H3,(H,15,18)(H,20,21)/t10?,11-/m0/s1. The van der Waals surface area contributed by atoms with Gasteiger partial charge >= 0.3 is 17.8 Å². The van der Waals surface area contributed by atoms with E-state index in [1.165, 1.54) is 0 Å². The molecule has 0 spiro atoms. The average Bonchev–Trinajstić information content (AvgIpc) is 2.82. The molecule has 21 heavy (non-hydrogen) atoms. The molecule has 1 unspecified atom stereocenters. The highest BCUT2D eigenvalue weighted by Crippen LogP contribution is 2.19. The number of carboxylic acid groups (broad SMARTS) is 1. The lowest BCUT2D eigenvalue weighted by Gasteiger charge is -2.20. The van der Waals surface area contributed by atoms with Gasteiger partial charge in [0.25, 0.3) is 0 Å². The van der Waals surface area contributed by atoms with Gasteiger partial charge in [0.05, 0.1) is 6.10 Å². The molecule has 1 heterocycles. The van der Waals surface area contributed by atoms with Crippen LogP contribution in [0.4, 0.5) is 5.69 Å². The van der Waals surface area contributed by atoms with Gasteiger partial charge in [-0.2, -0.15) is 0 Å². The molecule has 7 heteroatoms. The van der Waals surface area contributed by atoms with Crippen molar-refractivity contribution >= 4 is 23.5 Å². The number of nitrogens with zero attached hydrogens (tertiary/aromatic N) is 1. The van der Waals surface area contributed by atoms with Gasteiger partial charge in [0.1, 0.15) is 6.04 Å². The first-order valence-corrected chi connectivity index (χ1v) is 6.48. The minimum atomic E-state index is -1.23. The predicted octanol–water partition coefficient (Wildman–Crippen LogP) is -0.0201. The van der Waals surface area contributed by atoms with Crippen LogP contribution < -0.4 is 5.32 Å². The predicted molar refractivity (Wildman–Crippen MR) is 73.6 cm³/mol. The Morgan fingerprint density at radius 3 is 2.43 bits per heavy atom. The number of rotatable bonds is 2. The summed E-state index contributed by atoms with van der Waals surface area (Å²) in [4.78, 5) is 35.8. The summed E-state index contributed by atoms with van der Waals surface area (Å²) in [5.41, 5.74) is 1.46. The quantitative estimate of drug-likeness (QED) is 0.664. The zero-order valence-electron chi connectivity index (χ0n) is 11.4. The van der Waals surface area contributed by atoms with Gasteiger partial charge in [-0.05, 0) is 19.1 Å². The highest BCUT2D eigenvalue weighted by molar-refractivity contribution is 6.40. The monoisotopic (exact) mass is 292 g/mol. The Kier molecular flexibility index (Phi) is 4.23. The fourth-order valence-corrected chi connectivity index (χ4v) is 2.22. The second-order valence-electron chi connectivity index (χ2n) is 5.02.